The van der Waals surface area contributed by atoms with Crippen LogP contribution in [0.25, 0.3) is 23.3 Å². The first-order valence-electron chi connectivity index (χ1n) is 13.6. The van der Waals surface area contributed by atoms with Gasteiger partial charge in [0.1, 0.15) is 5.70 Å². The average molecular weight is 583 g/mol. The molecule has 0 aliphatic rings. The first kappa shape index (κ1) is 29.0. The van der Waals surface area contributed by atoms with E-state index in [4.69, 9.17) is 11.6 Å². The highest BCUT2D eigenvalue weighted by atomic mass is 35.5. The van der Waals surface area contributed by atoms with Crippen molar-refractivity contribution >= 4 is 47.0 Å². The molecule has 2 amide bonds. The fourth-order valence-electron chi connectivity index (χ4n) is 4.29. The Labute approximate surface area is 255 Å². The molecule has 0 radical (unpaired) electrons. The Morgan fingerprint density at radius 3 is 1.88 bits per heavy atom. The van der Waals surface area contributed by atoms with Crippen LogP contribution in [0.2, 0.25) is 5.02 Å². The maximum Gasteiger partial charge on any atom is 0.272 e. The number of carbonyl (C=O) groups is 3. The molecule has 0 aliphatic carbocycles. The number of anilines is 1. The number of hydrogen-bond donors (Lipinski definition) is 2. The van der Waals surface area contributed by atoms with Gasteiger partial charge < -0.3 is 10.6 Å². The number of benzene rings is 5. The molecule has 0 aliphatic heterocycles. The molecule has 210 valence electrons. The quantitative estimate of drug-likeness (QED) is 0.135. The first-order valence-corrected chi connectivity index (χ1v) is 14.0. The topological polar surface area (TPSA) is 75.3 Å². The molecular formula is C37H27ClN2O3. The number of carbonyl (C=O) groups excluding carboxylic acids is 3. The van der Waals surface area contributed by atoms with E-state index in [2.05, 4.69) is 22.8 Å². The van der Waals surface area contributed by atoms with Crippen LogP contribution in [0.15, 0.2) is 145 Å². The van der Waals surface area contributed by atoms with Crippen molar-refractivity contribution in [1.82, 2.24) is 5.32 Å². The van der Waals surface area contributed by atoms with Gasteiger partial charge in [-0.05, 0) is 76.9 Å². The maximum absolute atomic E-state index is 13.3. The van der Waals surface area contributed by atoms with E-state index in [9.17, 15) is 14.4 Å². The number of ketones is 1. The zero-order chi connectivity index (χ0) is 30.0. The standard InChI is InChI=1S/C37H27ClN2O3/c38-33-14-8-7-13-31(33)25-34(40-36(42)30-11-5-2-6-12-30)37(43)39-32-22-20-29(21-23-32)35(41)24-17-26-15-18-28(19-16-26)27-9-3-1-4-10-27/h1-25H,(H,39,43)(H,40,42)/b24-17+,34-25-. The fraction of sp³-hybridized carbons (Fsp3) is 0. The highest BCUT2D eigenvalue weighted by molar-refractivity contribution is 6.32. The van der Waals surface area contributed by atoms with Gasteiger partial charge in [0, 0.05) is 21.8 Å². The molecular weight excluding hydrogens is 556 g/mol. The van der Waals surface area contributed by atoms with Gasteiger partial charge in [-0.1, -0.05) is 109 Å². The molecule has 5 rings (SSSR count). The lowest BCUT2D eigenvalue weighted by Crippen LogP contribution is -2.30. The normalized spacial score (nSPS) is 11.2. The third-order valence-electron chi connectivity index (χ3n) is 6.61. The van der Waals surface area contributed by atoms with E-state index in [0.29, 0.717) is 27.4 Å². The third kappa shape index (κ3) is 7.82. The predicted octanol–water partition coefficient (Wildman–Crippen LogP) is 8.31. The van der Waals surface area contributed by atoms with Gasteiger partial charge in [0.05, 0.1) is 0 Å². The summed E-state index contributed by atoms with van der Waals surface area (Å²) in [5, 5.41) is 5.91. The van der Waals surface area contributed by atoms with Crippen LogP contribution in [-0.4, -0.2) is 17.6 Å². The minimum absolute atomic E-state index is 0.0170. The lowest BCUT2D eigenvalue weighted by molar-refractivity contribution is -0.113. The van der Waals surface area contributed by atoms with Crippen molar-refractivity contribution in [1.29, 1.82) is 0 Å². The summed E-state index contributed by atoms with van der Waals surface area (Å²) in [6.07, 6.45) is 4.82. The van der Waals surface area contributed by atoms with Crippen molar-refractivity contribution in [2.75, 3.05) is 5.32 Å². The molecule has 0 spiro atoms. The summed E-state index contributed by atoms with van der Waals surface area (Å²) in [7, 11) is 0. The van der Waals surface area contributed by atoms with Gasteiger partial charge in [-0.2, -0.15) is 0 Å². The molecule has 0 saturated heterocycles. The molecule has 0 saturated carbocycles. The van der Waals surface area contributed by atoms with Crippen molar-refractivity contribution in [3.05, 3.63) is 173 Å². The Morgan fingerprint density at radius 2 is 1.21 bits per heavy atom. The van der Waals surface area contributed by atoms with Crippen molar-refractivity contribution in [2.45, 2.75) is 0 Å². The highest BCUT2D eigenvalue weighted by Gasteiger charge is 2.16. The SMILES string of the molecule is O=C(Nc1ccc(C(=O)/C=C/c2ccc(-c3ccccc3)cc2)cc1)/C(=C/c1ccccc1Cl)NC(=O)c1ccccc1. The zero-order valence-corrected chi connectivity index (χ0v) is 23.8. The number of hydrogen-bond acceptors (Lipinski definition) is 3. The highest BCUT2D eigenvalue weighted by Crippen LogP contribution is 2.21. The lowest BCUT2D eigenvalue weighted by atomic mass is 10.0. The summed E-state index contributed by atoms with van der Waals surface area (Å²) in [6, 6.07) is 40.2. The van der Waals surface area contributed by atoms with Crippen molar-refractivity contribution in [2.24, 2.45) is 0 Å². The van der Waals surface area contributed by atoms with Gasteiger partial charge in [0.25, 0.3) is 11.8 Å². The minimum Gasteiger partial charge on any atom is -0.321 e. The second-order valence-corrected chi connectivity index (χ2v) is 10.0. The van der Waals surface area contributed by atoms with Crippen LogP contribution < -0.4 is 10.6 Å². The maximum atomic E-state index is 13.3. The van der Waals surface area contributed by atoms with E-state index in [0.717, 1.165) is 16.7 Å². The van der Waals surface area contributed by atoms with Crippen molar-refractivity contribution < 1.29 is 14.4 Å². The Bertz CT molecular complexity index is 1800. The van der Waals surface area contributed by atoms with Crippen LogP contribution in [0.5, 0.6) is 0 Å². The fourth-order valence-corrected chi connectivity index (χ4v) is 4.48. The van der Waals surface area contributed by atoms with E-state index >= 15 is 0 Å². The predicted molar refractivity (Wildman–Crippen MR) is 174 cm³/mol. The lowest BCUT2D eigenvalue weighted by Gasteiger charge is -2.12. The summed E-state index contributed by atoms with van der Waals surface area (Å²) < 4.78 is 0. The van der Waals surface area contributed by atoms with Crippen LogP contribution in [0.4, 0.5) is 5.69 Å². The second-order valence-electron chi connectivity index (χ2n) is 9.62. The Morgan fingerprint density at radius 1 is 0.605 bits per heavy atom. The average Bonchev–Trinajstić information content (AvgIpc) is 3.05. The monoisotopic (exact) mass is 582 g/mol. The molecule has 6 heteroatoms. The Kier molecular flexibility index (Phi) is 9.37. The molecule has 0 bridgehead atoms. The van der Waals surface area contributed by atoms with Crippen LogP contribution >= 0.6 is 11.6 Å². The van der Waals surface area contributed by atoms with Crippen LogP contribution in [0.1, 0.15) is 31.8 Å². The van der Waals surface area contributed by atoms with Gasteiger partial charge in [0.15, 0.2) is 5.78 Å². The molecule has 0 aromatic heterocycles. The van der Waals surface area contributed by atoms with E-state index in [-0.39, 0.29) is 11.5 Å². The van der Waals surface area contributed by atoms with Crippen molar-refractivity contribution in [3.63, 3.8) is 0 Å². The smallest absolute Gasteiger partial charge is 0.272 e. The van der Waals surface area contributed by atoms with Crippen molar-refractivity contribution in [3.8, 4) is 11.1 Å². The molecule has 5 aromatic rings. The second kappa shape index (κ2) is 13.9. The van der Waals surface area contributed by atoms with E-state index in [1.807, 2.05) is 42.5 Å². The Hall–Kier alpha value is -5.52. The van der Waals surface area contributed by atoms with Gasteiger partial charge in [-0.3, -0.25) is 14.4 Å². The van der Waals surface area contributed by atoms with Gasteiger partial charge >= 0.3 is 0 Å². The molecule has 43 heavy (non-hydrogen) atoms. The molecule has 0 unspecified atom stereocenters. The molecule has 0 fully saturated rings. The van der Waals surface area contributed by atoms with Crippen LogP contribution in [-0.2, 0) is 4.79 Å². The summed E-state index contributed by atoms with van der Waals surface area (Å²) in [4.78, 5) is 38.9. The molecule has 2 N–H and O–H groups in total. The van der Waals surface area contributed by atoms with E-state index in [1.165, 1.54) is 12.2 Å². The number of allylic oxidation sites excluding steroid dienone is 1. The van der Waals surface area contributed by atoms with Crippen LogP contribution in [0.3, 0.4) is 0 Å². The number of amides is 2. The number of rotatable bonds is 9. The molecule has 0 heterocycles. The largest absolute Gasteiger partial charge is 0.321 e. The summed E-state index contributed by atoms with van der Waals surface area (Å²) >= 11 is 6.30. The number of halogens is 1. The molecule has 0 atom stereocenters. The molecule has 5 aromatic carbocycles. The summed E-state index contributed by atoms with van der Waals surface area (Å²) in [5.74, 6) is -1.14. The summed E-state index contributed by atoms with van der Waals surface area (Å²) in [6.45, 7) is 0. The Balaban J connectivity index is 1.26. The summed E-state index contributed by atoms with van der Waals surface area (Å²) in [5.41, 5.74) is 5.07. The third-order valence-corrected chi connectivity index (χ3v) is 6.95. The van der Waals surface area contributed by atoms with Crippen LogP contribution in [0, 0.1) is 0 Å². The zero-order valence-electron chi connectivity index (χ0n) is 23.0. The minimum atomic E-state index is -0.540. The van der Waals surface area contributed by atoms with Gasteiger partial charge in [-0.25, -0.2) is 0 Å². The van der Waals surface area contributed by atoms with E-state index < -0.39 is 11.8 Å². The van der Waals surface area contributed by atoms with E-state index in [1.54, 1.807) is 84.9 Å². The molecule has 5 nitrogen and oxygen atoms in total. The van der Waals surface area contributed by atoms with Gasteiger partial charge in [0.2, 0.25) is 0 Å². The first-order chi connectivity index (χ1) is 21.0. The number of nitrogens with one attached hydrogen (secondary N) is 2. The van der Waals surface area contributed by atoms with Gasteiger partial charge in [-0.15, -0.1) is 0 Å².